The van der Waals surface area contributed by atoms with Gasteiger partial charge in [0.2, 0.25) is 0 Å². The summed E-state index contributed by atoms with van der Waals surface area (Å²) in [5.41, 5.74) is 0.914. The van der Waals surface area contributed by atoms with Gasteiger partial charge in [-0.3, -0.25) is 0 Å². The van der Waals surface area contributed by atoms with Crippen LogP contribution >= 0.6 is 11.6 Å². The summed E-state index contributed by atoms with van der Waals surface area (Å²) in [6.45, 7) is 6.55. The maximum Gasteiger partial charge on any atom is 0.407 e. The molecule has 2 N–H and O–H groups in total. The van der Waals surface area contributed by atoms with Crippen LogP contribution in [0.2, 0.25) is 5.15 Å². The van der Waals surface area contributed by atoms with E-state index in [4.69, 9.17) is 16.3 Å². The minimum atomic E-state index is -0.915. The third kappa shape index (κ3) is 4.68. The Morgan fingerprint density at radius 2 is 1.93 bits per heavy atom. The molecule has 3 rings (SSSR count). The maximum atomic E-state index is 11.6. The predicted octanol–water partition coefficient (Wildman–Crippen LogP) is 5.05. The highest BCUT2D eigenvalue weighted by molar-refractivity contribution is 6.32. The fraction of sp³-hybridized carbons (Fsp3) is 0.429. The van der Waals surface area contributed by atoms with Crippen molar-refractivity contribution in [3.05, 3.63) is 41.7 Å². The van der Waals surface area contributed by atoms with Crippen molar-refractivity contribution in [1.29, 1.82) is 0 Å². The smallest absolute Gasteiger partial charge is 0.407 e. The number of aromatic nitrogens is 1. The predicted molar refractivity (Wildman–Crippen MR) is 108 cm³/mol. The fourth-order valence-electron chi connectivity index (χ4n) is 3.04. The van der Waals surface area contributed by atoms with E-state index < -0.39 is 11.6 Å². The van der Waals surface area contributed by atoms with Crippen molar-refractivity contribution in [2.24, 2.45) is 5.41 Å². The molecule has 0 unspecified atom stereocenters. The second kappa shape index (κ2) is 7.51. The molecule has 6 nitrogen and oxygen atoms in total. The highest BCUT2D eigenvalue weighted by Gasteiger charge is 2.47. The molecular weight excluding hydrogens is 380 g/mol. The molecule has 1 aliphatic rings. The number of phenols is 1. The lowest BCUT2D eigenvalue weighted by atomic mass is 10.0. The van der Waals surface area contributed by atoms with Gasteiger partial charge in [-0.05, 0) is 57.4 Å². The quantitative estimate of drug-likeness (QED) is 0.658. The molecule has 0 bridgehead atoms. The van der Waals surface area contributed by atoms with E-state index in [2.05, 4.69) is 4.98 Å². The molecule has 1 aromatic heterocycles. The van der Waals surface area contributed by atoms with Crippen LogP contribution in [0.15, 0.2) is 36.5 Å². The second-order valence-electron chi connectivity index (χ2n) is 8.38. The van der Waals surface area contributed by atoms with Gasteiger partial charge in [0.1, 0.15) is 16.7 Å². The Hall–Kier alpha value is -2.47. The van der Waals surface area contributed by atoms with Crippen molar-refractivity contribution >= 4 is 17.7 Å². The van der Waals surface area contributed by atoms with Gasteiger partial charge in [0.25, 0.3) is 0 Å². The van der Waals surface area contributed by atoms with Gasteiger partial charge in [0.15, 0.2) is 0 Å². The van der Waals surface area contributed by atoms with Crippen LogP contribution < -0.4 is 4.74 Å². The molecule has 1 amide bonds. The minimum absolute atomic E-state index is 0.163. The minimum Gasteiger partial charge on any atom is -0.508 e. The Morgan fingerprint density at radius 1 is 1.29 bits per heavy atom. The van der Waals surface area contributed by atoms with E-state index in [0.717, 1.165) is 18.4 Å². The number of pyridine rings is 1. The van der Waals surface area contributed by atoms with Crippen LogP contribution in [-0.4, -0.2) is 44.9 Å². The molecule has 1 heterocycles. The topological polar surface area (TPSA) is 82.9 Å². The Bertz CT molecular complexity index is 858. The van der Waals surface area contributed by atoms with E-state index in [1.807, 2.05) is 26.8 Å². The van der Waals surface area contributed by atoms with Gasteiger partial charge >= 0.3 is 6.09 Å². The molecule has 0 spiro atoms. The van der Waals surface area contributed by atoms with Crippen LogP contribution in [-0.2, 0) is 0 Å². The number of amides is 1. The SMILES string of the molecule is CC(C)(C)N(CC1(COc2cnc(Cl)c(-c3ccc(O)cc3)c2)CC1)C(=O)O. The third-order valence-corrected chi connectivity index (χ3v) is 5.33. The number of halogens is 1. The zero-order chi connectivity index (χ0) is 20.5. The van der Waals surface area contributed by atoms with E-state index in [0.29, 0.717) is 29.6 Å². The first-order valence-corrected chi connectivity index (χ1v) is 9.56. The number of aromatic hydroxyl groups is 1. The van der Waals surface area contributed by atoms with Crippen LogP contribution in [0, 0.1) is 5.41 Å². The summed E-state index contributed by atoms with van der Waals surface area (Å²) in [5, 5.41) is 19.3. The highest BCUT2D eigenvalue weighted by Crippen LogP contribution is 2.47. The van der Waals surface area contributed by atoms with Crippen molar-refractivity contribution in [2.45, 2.75) is 39.2 Å². The molecule has 0 radical (unpaired) electrons. The standard InChI is InChI=1S/C21H25ClN2O4/c1-20(2,3)24(19(26)27)12-21(8-9-21)13-28-16-10-17(18(22)23-11-16)14-4-6-15(25)7-5-14/h4-7,10-11,25H,8-9,12-13H2,1-3H3,(H,26,27). The monoisotopic (exact) mass is 404 g/mol. The summed E-state index contributed by atoms with van der Waals surface area (Å²) in [6.07, 6.45) is 2.51. The summed E-state index contributed by atoms with van der Waals surface area (Å²) in [6, 6.07) is 8.52. The molecule has 1 aliphatic carbocycles. The Labute approximate surface area is 169 Å². The van der Waals surface area contributed by atoms with Crippen LogP contribution in [0.25, 0.3) is 11.1 Å². The first-order valence-electron chi connectivity index (χ1n) is 9.18. The van der Waals surface area contributed by atoms with E-state index in [1.165, 1.54) is 4.90 Å². The molecule has 0 saturated heterocycles. The number of phenolic OH excluding ortho intramolecular Hbond substituents is 1. The van der Waals surface area contributed by atoms with E-state index in [9.17, 15) is 15.0 Å². The molecule has 28 heavy (non-hydrogen) atoms. The number of carbonyl (C=O) groups is 1. The first-order chi connectivity index (χ1) is 13.1. The fourth-order valence-corrected chi connectivity index (χ4v) is 3.25. The molecule has 2 aromatic rings. The lowest BCUT2D eigenvalue weighted by Crippen LogP contribution is -2.48. The van der Waals surface area contributed by atoms with Crippen LogP contribution in [0.3, 0.4) is 0 Å². The molecule has 0 aliphatic heterocycles. The second-order valence-corrected chi connectivity index (χ2v) is 8.74. The summed E-state index contributed by atoms with van der Waals surface area (Å²) >= 11 is 6.23. The Balaban J connectivity index is 1.72. The van der Waals surface area contributed by atoms with Crippen molar-refractivity contribution in [3.63, 3.8) is 0 Å². The highest BCUT2D eigenvalue weighted by atomic mass is 35.5. The number of benzene rings is 1. The summed E-state index contributed by atoms with van der Waals surface area (Å²) in [5.74, 6) is 0.758. The van der Waals surface area contributed by atoms with Crippen molar-refractivity contribution in [2.75, 3.05) is 13.2 Å². The van der Waals surface area contributed by atoms with Gasteiger partial charge in [0.05, 0.1) is 12.8 Å². The van der Waals surface area contributed by atoms with Crippen molar-refractivity contribution in [3.8, 4) is 22.6 Å². The van der Waals surface area contributed by atoms with Crippen LogP contribution in [0.4, 0.5) is 4.79 Å². The maximum absolute atomic E-state index is 11.6. The van der Waals surface area contributed by atoms with Gasteiger partial charge < -0.3 is 19.8 Å². The summed E-state index contributed by atoms with van der Waals surface area (Å²) < 4.78 is 5.98. The number of hydrogen-bond donors (Lipinski definition) is 2. The molecule has 7 heteroatoms. The van der Waals surface area contributed by atoms with Gasteiger partial charge in [-0.2, -0.15) is 0 Å². The number of hydrogen-bond acceptors (Lipinski definition) is 4. The number of nitrogens with zero attached hydrogens (tertiary/aromatic N) is 2. The molecule has 0 atom stereocenters. The summed E-state index contributed by atoms with van der Waals surface area (Å²) in [7, 11) is 0. The molecule has 150 valence electrons. The van der Waals surface area contributed by atoms with Gasteiger partial charge in [-0.1, -0.05) is 23.7 Å². The molecule has 1 aromatic carbocycles. The number of rotatable bonds is 6. The first kappa shape index (κ1) is 20.3. The zero-order valence-electron chi connectivity index (χ0n) is 16.3. The average Bonchev–Trinajstić information content (AvgIpc) is 3.39. The Morgan fingerprint density at radius 3 is 2.46 bits per heavy atom. The molecule has 1 fully saturated rings. The number of ether oxygens (including phenoxy) is 1. The average molecular weight is 405 g/mol. The van der Waals surface area contributed by atoms with Crippen LogP contribution in [0.1, 0.15) is 33.6 Å². The molecule has 1 saturated carbocycles. The van der Waals surface area contributed by atoms with Gasteiger partial charge in [-0.25, -0.2) is 9.78 Å². The van der Waals surface area contributed by atoms with Gasteiger partial charge in [-0.15, -0.1) is 0 Å². The van der Waals surface area contributed by atoms with Crippen molar-refractivity contribution in [1.82, 2.24) is 9.88 Å². The number of carboxylic acid groups (broad SMARTS) is 1. The largest absolute Gasteiger partial charge is 0.508 e. The van der Waals surface area contributed by atoms with E-state index in [-0.39, 0.29) is 11.2 Å². The Kier molecular flexibility index (Phi) is 5.44. The lowest BCUT2D eigenvalue weighted by Gasteiger charge is -2.36. The van der Waals surface area contributed by atoms with Crippen LogP contribution in [0.5, 0.6) is 11.5 Å². The lowest BCUT2D eigenvalue weighted by molar-refractivity contribution is 0.0746. The van der Waals surface area contributed by atoms with Gasteiger partial charge in [0, 0.05) is 23.1 Å². The van der Waals surface area contributed by atoms with E-state index >= 15 is 0 Å². The summed E-state index contributed by atoms with van der Waals surface area (Å²) in [4.78, 5) is 17.3. The zero-order valence-corrected chi connectivity index (χ0v) is 17.0. The normalized spacial score (nSPS) is 15.1. The third-order valence-electron chi connectivity index (χ3n) is 5.03. The molecular formula is C21H25ClN2O4. The van der Waals surface area contributed by atoms with Crippen molar-refractivity contribution < 1.29 is 19.7 Å². The van der Waals surface area contributed by atoms with E-state index in [1.54, 1.807) is 30.5 Å².